The average Bonchev–Trinajstić information content (AvgIpc) is 2.36. The molecule has 0 unspecified atom stereocenters. The van der Waals surface area contributed by atoms with Gasteiger partial charge >= 0.3 is 11.9 Å². The Hall–Kier alpha value is -1.14. The van der Waals surface area contributed by atoms with Crippen LogP contribution in [0.5, 0.6) is 0 Å². The molecule has 0 aromatic rings. The summed E-state index contributed by atoms with van der Waals surface area (Å²) in [7, 11) is 1.27. The van der Waals surface area contributed by atoms with Gasteiger partial charge in [-0.1, -0.05) is 0 Å². The van der Waals surface area contributed by atoms with Gasteiger partial charge in [-0.25, -0.2) is 4.79 Å². The van der Waals surface area contributed by atoms with Crippen molar-refractivity contribution in [3.63, 3.8) is 0 Å². The lowest BCUT2D eigenvalue weighted by molar-refractivity contribution is -0.155. The SMILES string of the molecule is COC(=O)[C@@H](O)C1CCN(CC(=O)OC(C)C)CC1. The van der Waals surface area contributed by atoms with E-state index in [-0.39, 0.29) is 24.5 Å². The molecule has 0 aromatic heterocycles. The zero-order valence-electron chi connectivity index (χ0n) is 11.8. The van der Waals surface area contributed by atoms with E-state index in [0.29, 0.717) is 25.9 Å². The highest BCUT2D eigenvalue weighted by molar-refractivity contribution is 5.74. The monoisotopic (exact) mass is 273 g/mol. The Morgan fingerprint density at radius 2 is 1.89 bits per heavy atom. The second kappa shape index (κ2) is 7.45. The Balaban J connectivity index is 2.33. The van der Waals surface area contributed by atoms with Crippen molar-refractivity contribution in [1.82, 2.24) is 4.90 Å². The van der Waals surface area contributed by atoms with Crippen LogP contribution in [0.4, 0.5) is 0 Å². The van der Waals surface area contributed by atoms with Crippen molar-refractivity contribution in [3.8, 4) is 0 Å². The van der Waals surface area contributed by atoms with Crippen molar-refractivity contribution in [2.45, 2.75) is 38.9 Å². The summed E-state index contributed by atoms with van der Waals surface area (Å²) in [6, 6.07) is 0. The van der Waals surface area contributed by atoms with Gasteiger partial charge in [0.05, 0.1) is 19.8 Å². The van der Waals surface area contributed by atoms with E-state index in [1.807, 2.05) is 18.7 Å². The summed E-state index contributed by atoms with van der Waals surface area (Å²) in [4.78, 5) is 24.7. The molecule has 0 spiro atoms. The molecule has 1 saturated heterocycles. The molecule has 0 aliphatic carbocycles. The van der Waals surface area contributed by atoms with Gasteiger partial charge in [-0.05, 0) is 45.7 Å². The third-order valence-corrected chi connectivity index (χ3v) is 3.24. The molecular weight excluding hydrogens is 250 g/mol. The van der Waals surface area contributed by atoms with E-state index in [9.17, 15) is 14.7 Å². The van der Waals surface area contributed by atoms with Gasteiger partial charge in [-0.2, -0.15) is 0 Å². The lowest BCUT2D eigenvalue weighted by Gasteiger charge is -2.32. The first-order chi connectivity index (χ1) is 8.93. The molecule has 6 heteroatoms. The van der Waals surface area contributed by atoms with E-state index < -0.39 is 12.1 Å². The molecule has 0 aromatic carbocycles. The minimum absolute atomic E-state index is 0.0928. The van der Waals surface area contributed by atoms with Crippen molar-refractivity contribution < 1.29 is 24.2 Å². The Bertz CT molecular complexity index is 310. The maximum absolute atomic E-state index is 11.5. The summed E-state index contributed by atoms with van der Waals surface area (Å²) >= 11 is 0. The summed E-state index contributed by atoms with van der Waals surface area (Å²) in [5, 5.41) is 9.74. The number of hydrogen-bond acceptors (Lipinski definition) is 6. The van der Waals surface area contributed by atoms with Gasteiger partial charge in [0.1, 0.15) is 0 Å². The molecule has 1 atom stereocenters. The molecule has 0 amide bonds. The Labute approximate surface area is 113 Å². The van der Waals surface area contributed by atoms with Gasteiger partial charge < -0.3 is 14.6 Å². The molecule has 19 heavy (non-hydrogen) atoms. The zero-order chi connectivity index (χ0) is 14.4. The number of hydrogen-bond donors (Lipinski definition) is 1. The van der Waals surface area contributed by atoms with Gasteiger partial charge in [-0.3, -0.25) is 9.69 Å². The predicted molar refractivity (Wildman–Crippen MR) is 68.4 cm³/mol. The molecule has 1 rings (SSSR count). The summed E-state index contributed by atoms with van der Waals surface area (Å²) < 4.78 is 9.60. The largest absolute Gasteiger partial charge is 0.467 e. The van der Waals surface area contributed by atoms with Gasteiger partial charge in [0.2, 0.25) is 0 Å². The molecule has 1 aliphatic rings. The Morgan fingerprint density at radius 1 is 1.32 bits per heavy atom. The van der Waals surface area contributed by atoms with E-state index >= 15 is 0 Å². The lowest BCUT2D eigenvalue weighted by Crippen LogP contribution is -2.43. The van der Waals surface area contributed by atoms with Crippen molar-refractivity contribution in [2.24, 2.45) is 5.92 Å². The second-order valence-electron chi connectivity index (χ2n) is 5.12. The van der Waals surface area contributed by atoms with Gasteiger partial charge in [0.25, 0.3) is 0 Å². The lowest BCUT2D eigenvalue weighted by atomic mass is 9.91. The minimum atomic E-state index is -1.06. The van der Waals surface area contributed by atoms with Crippen LogP contribution < -0.4 is 0 Å². The summed E-state index contributed by atoms with van der Waals surface area (Å²) in [5.74, 6) is -0.913. The topological polar surface area (TPSA) is 76.1 Å². The molecule has 0 radical (unpaired) electrons. The van der Waals surface area contributed by atoms with Crippen LogP contribution in [-0.2, 0) is 19.1 Å². The standard InChI is InChI=1S/C13H23NO5/c1-9(2)19-11(15)8-14-6-4-10(5-7-14)12(16)13(17)18-3/h9-10,12,16H,4-8H2,1-3H3/t12-/m0/s1. The molecular formula is C13H23NO5. The average molecular weight is 273 g/mol. The fraction of sp³-hybridized carbons (Fsp3) is 0.846. The number of aliphatic hydroxyl groups excluding tert-OH is 1. The van der Waals surface area contributed by atoms with Crippen LogP contribution in [0, 0.1) is 5.92 Å². The molecule has 6 nitrogen and oxygen atoms in total. The second-order valence-corrected chi connectivity index (χ2v) is 5.12. The van der Waals surface area contributed by atoms with Crippen LogP contribution >= 0.6 is 0 Å². The number of ether oxygens (including phenoxy) is 2. The number of carbonyl (C=O) groups excluding carboxylic acids is 2. The Morgan fingerprint density at radius 3 is 2.37 bits per heavy atom. The number of methoxy groups -OCH3 is 1. The smallest absolute Gasteiger partial charge is 0.334 e. The van der Waals surface area contributed by atoms with Crippen molar-refractivity contribution in [1.29, 1.82) is 0 Å². The van der Waals surface area contributed by atoms with Gasteiger partial charge in [0, 0.05) is 0 Å². The van der Waals surface area contributed by atoms with E-state index in [1.165, 1.54) is 7.11 Å². The van der Waals surface area contributed by atoms with Crippen LogP contribution in [0.3, 0.4) is 0 Å². The Kier molecular flexibility index (Phi) is 6.24. The number of esters is 2. The van der Waals surface area contributed by atoms with Crippen LogP contribution in [0.15, 0.2) is 0 Å². The number of carbonyl (C=O) groups is 2. The van der Waals surface area contributed by atoms with E-state index in [1.54, 1.807) is 0 Å². The maximum Gasteiger partial charge on any atom is 0.334 e. The number of rotatable bonds is 5. The molecule has 110 valence electrons. The molecule has 0 saturated carbocycles. The first-order valence-corrected chi connectivity index (χ1v) is 6.61. The van der Waals surface area contributed by atoms with Crippen molar-refractivity contribution in [3.05, 3.63) is 0 Å². The highest BCUT2D eigenvalue weighted by atomic mass is 16.5. The number of likely N-dealkylation sites (tertiary alicyclic amines) is 1. The van der Waals surface area contributed by atoms with Gasteiger partial charge in [-0.15, -0.1) is 0 Å². The fourth-order valence-corrected chi connectivity index (χ4v) is 2.22. The van der Waals surface area contributed by atoms with Crippen LogP contribution in [0.1, 0.15) is 26.7 Å². The van der Waals surface area contributed by atoms with E-state index in [0.717, 1.165) is 0 Å². The van der Waals surface area contributed by atoms with Gasteiger partial charge in [0.15, 0.2) is 6.10 Å². The van der Waals surface area contributed by atoms with Crippen LogP contribution in [0.25, 0.3) is 0 Å². The highest BCUT2D eigenvalue weighted by Crippen LogP contribution is 2.21. The maximum atomic E-state index is 11.5. The van der Waals surface area contributed by atoms with Crippen LogP contribution in [0.2, 0.25) is 0 Å². The molecule has 1 fully saturated rings. The predicted octanol–water partition coefficient (Wildman–Crippen LogP) is 0.184. The quantitative estimate of drug-likeness (QED) is 0.720. The number of aliphatic hydroxyl groups is 1. The molecule has 1 heterocycles. The highest BCUT2D eigenvalue weighted by Gasteiger charge is 2.31. The first-order valence-electron chi connectivity index (χ1n) is 6.61. The van der Waals surface area contributed by atoms with Crippen molar-refractivity contribution in [2.75, 3.05) is 26.7 Å². The van der Waals surface area contributed by atoms with Crippen molar-refractivity contribution >= 4 is 11.9 Å². The molecule has 0 bridgehead atoms. The van der Waals surface area contributed by atoms with E-state index in [4.69, 9.17) is 4.74 Å². The fourth-order valence-electron chi connectivity index (χ4n) is 2.22. The van der Waals surface area contributed by atoms with Crippen LogP contribution in [-0.4, -0.2) is 60.9 Å². The third-order valence-electron chi connectivity index (χ3n) is 3.24. The number of nitrogens with zero attached hydrogens (tertiary/aromatic N) is 1. The minimum Gasteiger partial charge on any atom is -0.467 e. The zero-order valence-corrected chi connectivity index (χ0v) is 11.8. The first kappa shape index (κ1) is 15.9. The normalized spacial score (nSPS) is 19.2. The summed E-state index contributed by atoms with van der Waals surface area (Å²) in [5.41, 5.74) is 0. The summed E-state index contributed by atoms with van der Waals surface area (Å²) in [6.07, 6.45) is 0.178. The summed E-state index contributed by atoms with van der Waals surface area (Å²) in [6.45, 7) is 5.24. The number of piperidine rings is 1. The molecule has 1 aliphatic heterocycles. The molecule has 1 N–H and O–H groups in total. The third kappa shape index (κ3) is 5.16. The van der Waals surface area contributed by atoms with E-state index in [2.05, 4.69) is 4.74 Å².